The van der Waals surface area contributed by atoms with Gasteiger partial charge in [-0.05, 0) is 35.9 Å². The molecule has 0 aliphatic carbocycles. The number of esters is 1. The molecule has 2 aromatic heterocycles. The molecule has 212 valence electrons. The number of Topliss-reactive ketones (excluding diaryl/α,β-unsaturated/α-hetero) is 1. The fraction of sp³-hybridized carbons (Fsp3) is 0.133. The number of fused-ring (bicyclic) bond motifs is 1. The number of nitrogens with one attached hydrogen (secondary N) is 1. The number of hydrogen-bond acceptors (Lipinski definition) is 9. The number of hydrogen-bond donors (Lipinski definition) is 2. The lowest BCUT2D eigenvalue weighted by atomic mass is 10.0. The van der Waals surface area contributed by atoms with Crippen LogP contribution in [0.5, 0.6) is 0 Å². The predicted molar refractivity (Wildman–Crippen MR) is 155 cm³/mol. The predicted octanol–water partition coefficient (Wildman–Crippen LogP) is 3.68. The maximum Gasteiger partial charge on any atom is 0.337 e. The Balaban J connectivity index is 1.46. The second-order valence-corrected chi connectivity index (χ2v) is 9.74. The molecule has 0 bridgehead atoms. The average molecular weight is 586 g/mol. The highest BCUT2D eigenvalue weighted by Crippen LogP contribution is 2.22. The van der Waals surface area contributed by atoms with Crippen LogP contribution in [0.3, 0.4) is 0 Å². The summed E-state index contributed by atoms with van der Waals surface area (Å²) in [5.74, 6) is -1.89. The molecule has 1 atom stereocenters. The van der Waals surface area contributed by atoms with Gasteiger partial charge < -0.3 is 20.2 Å². The molecule has 1 amide bonds. The van der Waals surface area contributed by atoms with Gasteiger partial charge in [0.1, 0.15) is 29.6 Å². The molecule has 0 saturated carbocycles. The van der Waals surface area contributed by atoms with Gasteiger partial charge in [-0.15, -0.1) is 0 Å². The molecule has 12 heteroatoms. The number of carbonyl (C=O) groups excluding carboxylic acids is 3. The highest BCUT2D eigenvalue weighted by molar-refractivity contribution is 6.30. The van der Waals surface area contributed by atoms with Gasteiger partial charge in [0.25, 0.3) is 11.4 Å². The zero-order valence-electron chi connectivity index (χ0n) is 22.2. The normalized spacial score (nSPS) is 11.7. The Kier molecular flexibility index (Phi) is 8.12. The van der Waals surface area contributed by atoms with Gasteiger partial charge in [-0.1, -0.05) is 54.1 Å². The molecule has 5 rings (SSSR count). The highest BCUT2D eigenvalue weighted by atomic mass is 35.5. The molecule has 3 aromatic carbocycles. The summed E-state index contributed by atoms with van der Waals surface area (Å²) >= 11 is 6.13. The SMILES string of the molecule is COC(=O)c1ccc2oc(C(=O)C(Cc3ccccc3)NC(=O)Cn3c(-c4cccc(Cl)c4)ncc(N)c3=O)nc2c1. The van der Waals surface area contributed by atoms with Crippen LogP contribution in [0.25, 0.3) is 22.5 Å². The van der Waals surface area contributed by atoms with E-state index in [9.17, 15) is 19.2 Å². The smallest absolute Gasteiger partial charge is 0.337 e. The first-order valence-corrected chi connectivity index (χ1v) is 13.1. The minimum absolute atomic E-state index is 0.114. The van der Waals surface area contributed by atoms with Crippen molar-refractivity contribution in [2.75, 3.05) is 12.8 Å². The van der Waals surface area contributed by atoms with E-state index < -0.39 is 35.8 Å². The maximum absolute atomic E-state index is 13.7. The van der Waals surface area contributed by atoms with Crippen LogP contribution in [0.15, 0.2) is 88.2 Å². The standard InChI is InChI=1S/C30H24ClN5O6/c1-41-30(40)19-10-11-24-22(14-19)35-28(42-24)26(38)23(12-17-6-3-2-4-7-17)34-25(37)16-36-27(33-15-21(32)29(36)39)18-8-5-9-20(31)13-18/h2-11,13-15,23H,12,16,32H2,1H3,(H,34,37). The van der Waals surface area contributed by atoms with E-state index in [0.717, 1.165) is 10.1 Å². The number of benzene rings is 3. The molecule has 0 radical (unpaired) electrons. The van der Waals surface area contributed by atoms with E-state index in [1.54, 1.807) is 24.3 Å². The molecule has 0 fully saturated rings. The number of halogens is 1. The topological polar surface area (TPSA) is 159 Å². The molecule has 3 N–H and O–H groups in total. The van der Waals surface area contributed by atoms with Crippen LogP contribution in [-0.4, -0.2) is 45.3 Å². The highest BCUT2D eigenvalue weighted by Gasteiger charge is 2.28. The van der Waals surface area contributed by atoms with Crippen LogP contribution in [0, 0.1) is 0 Å². The average Bonchev–Trinajstić information content (AvgIpc) is 3.42. The summed E-state index contributed by atoms with van der Waals surface area (Å²) in [4.78, 5) is 60.4. The van der Waals surface area contributed by atoms with Gasteiger partial charge in [0.15, 0.2) is 5.58 Å². The summed E-state index contributed by atoms with van der Waals surface area (Å²) < 4.78 is 11.5. The van der Waals surface area contributed by atoms with E-state index in [1.165, 1.54) is 31.5 Å². The van der Waals surface area contributed by atoms with Crippen molar-refractivity contribution in [3.63, 3.8) is 0 Å². The largest absolute Gasteiger partial charge is 0.465 e. The molecule has 0 aliphatic rings. The molecule has 2 heterocycles. The summed E-state index contributed by atoms with van der Waals surface area (Å²) in [6.45, 7) is -0.479. The van der Waals surface area contributed by atoms with Crippen molar-refractivity contribution in [1.29, 1.82) is 0 Å². The zero-order valence-corrected chi connectivity index (χ0v) is 23.0. The number of ether oxygens (including phenoxy) is 1. The van der Waals surface area contributed by atoms with Crippen LogP contribution >= 0.6 is 11.6 Å². The van der Waals surface area contributed by atoms with Gasteiger partial charge in [-0.2, -0.15) is 0 Å². The summed E-state index contributed by atoms with van der Waals surface area (Å²) in [6, 6.07) is 19.1. The van der Waals surface area contributed by atoms with Crippen LogP contribution in [0.2, 0.25) is 5.02 Å². The fourth-order valence-corrected chi connectivity index (χ4v) is 4.57. The van der Waals surface area contributed by atoms with E-state index >= 15 is 0 Å². The van der Waals surface area contributed by atoms with Crippen LogP contribution in [0.4, 0.5) is 5.69 Å². The first-order chi connectivity index (χ1) is 20.2. The van der Waals surface area contributed by atoms with E-state index in [0.29, 0.717) is 10.6 Å². The number of aromatic nitrogens is 3. The third kappa shape index (κ3) is 6.06. The van der Waals surface area contributed by atoms with Crippen molar-refractivity contribution in [1.82, 2.24) is 19.9 Å². The van der Waals surface area contributed by atoms with Gasteiger partial charge in [0.05, 0.1) is 18.9 Å². The quantitative estimate of drug-likeness (QED) is 0.194. The maximum atomic E-state index is 13.7. The van der Waals surface area contributed by atoms with Crippen LogP contribution in [0.1, 0.15) is 26.6 Å². The van der Waals surface area contributed by atoms with Crippen molar-refractivity contribution >= 4 is 46.0 Å². The van der Waals surface area contributed by atoms with E-state index in [1.807, 2.05) is 30.3 Å². The number of rotatable bonds is 9. The second kappa shape index (κ2) is 12.1. The lowest BCUT2D eigenvalue weighted by Crippen LogP contribution is -2.45. The van der Waals surface area contributed by atoms with Gasteiger partial charge in [-0.25, -0.2) is 14.8 Å². The number of nitrogens with zero attached hydrogens (tertiary/aromatic N) is 3. The molecule has 42 heavy (non-hydrogen) atoms. The molecular weight excluding hydrogens is 562 g/mol. The lowest BCUT2D eigenvalue weighted by Gasteiger charge is -2.18. The summed E-state index contributed by atoms with van der Waals surface area (Å²) in [7, 11) is 1.26. The minimum Gasteiger partial charge on any atom is -0.465 e. The fourth-order valence-electron chi connectivity index (χ4n) is 4.38. The number of oxazole rings is 1. The summed E-state index contributed by atoms with van der Waals surface area (Å²) in [5, 5.41) is 3.13. The van der Waals surface area contributed by atoms with Crippen LogP contribution < -0.4 is 16.6 Å². The Labute approximate surface area is 243 Å². The Hall–Kier alpha value is -5.29. The van der Waals surface area contributed by atoms with Crippen molar-refractivity contribution in [3.05, 3.63) is 111 Å². The van der Waals surface area contributed by atoms with Crippen molar-refractivity contribution in [2.45, 2.75) is 19.0 Å². The molecule has 11 nitrogen and oxygen atoms in total. The number of ketones is 1. The Bertz CT molecular complexity index is 1870. The second-order valence-electron chi connectivity index (χ2n) is 9.31. The van der Waals surface area contributed by atoms with Crippen molar-refractivity contribution in [2.24, 2.45) is 0 Å². The molecule has 0 aliphatic heterocycles. The molecule has 0 spiro atoms. The van der Waals surface area contributed by atoms with Crippen molar-refractivity contribution in [3.8, 4) is 11.4 Å². The summed E-state index contributed by atoms with van der Waals surface area (Å²) in [6.07, 6.45) is 1.33. The lowest BCUT2D eigenvalue weighted by molar-refractivity contribution is -0.122. The Morgan fingerprint density at radius 3 is 2.60 bits per heavy atom. The number of carbonyl (C=O) groups is 3. The number of nitrogens with two attached hydrogens (primary N) is 1. The summed E-state index contributed by atoms with van der Waals surface area (Å²) in [5.41, 5.74) is 7.10. The number of amides is 1. The van der Waals surface area contributed by atoms with E-state index in [-0.39, 0.29) is 40.5 Å². The van der Waals surface area contributed by atoms with Gasteiger partial charge >= 0.3 is 5.97 Å². The van der Waals surface area contributed by atoms with Crippen molar-refractivity contribution < 1.29 is 23.5 Å². The Morgan fingerprint density at radius 1 is 1.07 bits per heavy atom. The minimum atomic E-state index is -1.10. The van der Waals surface area contributed by atoms with Gasteiger partial charge in [0, 0.05) is 17.0 Å². The van der Waals surface area contributed by atoms with Crippen LogP contribution in [-0.2, 0) is 22.5 Å². The third-order valence-electron chi connectivity index (χ3n) is 6.41. The first kappa shape index (κ1) is 28.2. The number of anilines is 1. The number of nitrogen functional groups attached to an aromatic ring is 1. The van der Waals surface area contributed by atoms with E-state index in [2.05, 4.69) is 15.3 Å². The van der Waals surface area contributed by atoms with E-state index in [4.69, 9.17) is 26.5 Å². The molecule has 5 aromatic rings. The Morgan fingerprint density at radius 2 is 1.86 bits per heavy atom. The monoisotopic (exact) mass is 585 g/mol. The zero-order chi connectivity index (χ0) is 29.8. The molecular formula is C30H24ClN5O6. The van der Waals surface area contributed by atoms with Gasteiger partial charge in [-0.3, -0.25) is 19.0 Å². The van der Waals surface area contributed by atoms with Gasteiger partial charge in [0.2, 0.25) is 11.7 Å². The molecule has 1 unspecified atom stereocenters. The third-order valence-corrected chi connectivity index (χ3v) is 6.65. The first-order valence-electron chi connectivity index (χ1n) is 12.7. The number of methoxy groups -OCH3 is 1. The molecule has 0 saturated heterocycles.